The highest BCUT2D eigenvalue weighted by atomic mass is 32.2. The van der Waals surface area contributed by atoms with Gasteiger partial charge in [0, 0.05) is 13.1 Å². The molecule has 94 valence electrons. The Morgan fingerprint density at radius 2 is 2.25 bits per heavy atom. The molecule has 0 aromatic carbocycles. The van der Waals surface area contributed by atoms with Crippen molar-refractivity contribution in [1.82, 2.24) is 10.6 Å². The van der Waals surface area contributed by atoms with E-state index < -0.39 is 10.0 Å². The minimum atomic E-state index is -3.41. The Morgan fingerprint density at radius 3 is 2.81 bits per heavy atom. The molecule has 1 rings (SSSR count). The number of carbonyl (C=O) groups is 1. The molecule has 0 radical (unpaired) electrons. The van der Waals surface area contributed by atoms with E-state index in [0.29, 0.717) is 19.5 Å². The van der Waals surface area contributed by atoms with Crippen molar-refractivity contribution >= 4 is 15.9 Å². The second-order valence-electron chi connectivity index (χ2n) is 4.05. The Kier molecular flexibility index (Phi) is 5.17. The van der Waals surface area contributed by atoms with Gasteiger partial charge in [-0.3, -0.25) is 4.79 Å². The number of nitrogens with one attached hydrogen (secondary N) is 2. The van der Waals surface area contributed by atoms with Crippen molar-refractivity contribution in [3.63, 3.8) is 0 Å². The van der Waals surface area contributed by atoms with Crippen LogP contribution in [0.1, 0.15) is 19.3 Å². The number of piperidine rings is 1. The minimum Gasteiger partial charge on any atom is -0.356 e. The first-order valence-electron chi connectivity index (χ1n) is 5.48. The fourth-order valence-corrected chi connectivity index (χ4v) is 2.25. The van der Waals surface area contributed by atoms with E-state index in [0.717, 1.165) is 19.4 Å². The standard InChI is InChI=1S/C9H19N3O3S/c10-16(14,15)6-2-5-12-9(13)8-3-1-4-11-7-8/h8,11H,1-7H2,(H,12,13)(H2,10,14,15)/t8-/m0/s1. The van der Waals surface area contributed by atoms with Gasteiger partial charge in [-0.05, 0) is 25.8 Å². The molecule has 1 heterocycles. The van der Waals surface area contributed by atoms with E-state index in [4.69, 9.17) is 5.14 Å². The molecular weight excluding hydrogens is 230 g/mol. The predicted octanol–water partition coefficient (Wildman–Crippen LogP) is -1.22. The van der Waals surface area contributed by atoms with Crippen LogP contribution >= 0.6 is 0 Å². The van der Waals surface area contributed by atoms with Crippen molar-refractivity contribution in [3.05, 3.63) is 0 Å². The zero-order valence-electron chi connectivity index (χ0n) is 9.24. The summed E-state index contributed by atoms with van der Waals surface area (Å²) in [6, 6.07) is 0. The molecule has 0 unspecified atom stereocenters. The first-order valence-corrected chi connectivity index (χ1v) is 7.19. The van der Waals surface area contributed by atoms with Crippen molar-refractivity contribution in [2.24, 2.45) is 11.1 Å². The SMILES string of the molecule is NS(=O)(=O)CCCNC(=O)[C@H]1CCCNC1. The van der Waals surface area contributed by atoms with Gasteiger partial charge in [0.2, 0.25) is 15.9 Å². The molecule has 0 bridgehead atoms. The first kappa shape index (κ1) is 13.4. The lowest BCUT2D eigenvalue weighted by Gasteiger charge is -2.21. The monoisotopic (exact) mass is 249 g/mol. The van der Waals surface area contributed by atoms with Gasteiger partial charge >= 0.3 is 0 Å². The maximum atomic E-state index is 11.6. The number of rotatable bonds is 5. The van der Waals surface area contributed by atoms with Crippen molar-refractivity contribution in [1.29, 1.82) is 0 Å². The average Bonchev–Trinajstić information content (AvgIpc) is 2.24. The molecule has 0 aliphatic carbocycles. The van der Waals surface area contributed by atoms with Gasteiger partial charge in [0.05, 0.1) is 11.7 Å². The maximum absolute atomic E-state index is 11.6. The summed E-state index contributed by atoms with van der Waals surface area (Å²) >= 11 is 0. The largest absolute Gasteiger partial charge is 0.356 e. The highest BCUT2D eigenvalue weighted by Gasteiger charge is 2.20. The summed E-state index contributed by atoms with van der Waals surface area (Å²) < 4.78 is 21.3. The van der Waals surface area contributed by atoms with Gasteiger partial charge in [-0.25, -0.2) is 13.6 Å². The van der Waals surface area contributed by atoms with Crippen molar-refractivity contribution < 1.29 is 13.2 Å². The van der Waals surface area contributed by atoms with E-state index in [-0.39, 0.29) is 17.6 Å². The van der Waals surface area contributed by atoms with Crippen molar-refractivity contribution in [3.8, 4) is 0 Å². The van der Waals surface area contributed by atoms with Gasteiger partial charge in [0.1, 0.15) is 0 Å². The molecule has 6 nitrogen and oxygen atoms in total. The zero-order valence-corrected chi connectivity index (χ0v) is 10.1. The lowest BCUT2D eigenvalue weighted by atomic mass is 9.99. The molecular formula is C9H19N3O3S. The molecule has 1 aliphatic rings. The van der Waals surface area contributed by atoms with Gasteiger partial charge in [0.15, 0.2) is 0 Å². The third-order valence-corrected chi connectivity index (χ3v) is 3.43. The summed E-state index contributed by atoms with van der Waals surface area (Å²) in [7, 11) is -3.41. The third-order valence-electron chi connectivity index (χ3n) is 2.57. The topological polar surface area (TPSA) is 101 Å². The molecule has 4 N–H and O–H groups in total. The molecule has 0 aromatic heterocycles. The van der Waals surface area contributed by atoms with Crippen LogP contribution in [0.3, 0.4) is 0 Å². The van der Waals surface area contributed by atoms with Crippen LogP contribution in [-0.4, -0.2) is 39.7 Å². The Hall–Kier alpha value is -0.660. The summed E-state index contributed by atoms with van der Waals surface area (Å²) in [6.07, 6.45) is 2.27. The zero-order chi connectivity index (χ0) is 12.0. The second kappa shape index (κ2) is 6.17. The number of primary sulfonamides is 1. The van der Waals surface area contributed by atoms with Gasteiger partial charge in [-0.1, -0.05) is 0 Å². The van der Waals surface area contributed by atoms with Crippen LogP contribution in [0.25, 0.3) is 0 Å². The second-order valence-corrected chi connectivity index (χ2v) is 5.79. The highest BCUT2D eigenvalue weighted by Crippen LogP contribution is 2.09. The maximum Gasteiger partial charge on any atom is 0.224 e. The summed E-state index contributed by atoms with van der Waals surface area (Å²) in [5.74, 6) is -0.0687. The van der Waals surface area contributed by atoms with E-state index in [1.807, 2.05) is 0 Å². The first-order chi connectivity index (χ1) is 7.49. The van der Waals surface area contributed by atoms with Crippen LogP contribution in [0.2, 0.25) is 0 Å². The quantitative estimate of drug-likeness (QED) is 0.532. The number of nitrogens with two attached hydrogens (primary N) is 1. The Labute approximate surface area is 96.0 Å². The lowest BCUT2D eigenvalue weighted by Crippen LogP contribution is -2.41. The van der Waals surface area contributed by atoms with Gasteiger partial charge in [-0.2, -0.15) is 0 Å². The van der Waals surface area contributed by atoms with Gasteiger partial charge < -0.3 is 10.6 Å². The predicted molar refractivity (Wildman–Crippen MR) is 61.2 cm³/mol. The van der Waals surface area contributed by atoms with E-state index in [9.17, 15) is 13.2 Å². The molecule has 7 heteroatoms. The number of carbonyl (C=O) groups excluding carboxylic acids is 1. The molecule has 1 aliphatic heterocycles. The van der Waals surface area contributed by atoms with E-state index in [1.165, 1.54) is 0 Å². The summed E-state index contributed by atoms with van der Waals surface area (Å²) in [6.45, 7) is 2.04. The van der Waals surface area contributed by atoms with Crippen molar-refractivity contribution in [2.75, 3.05) is 25.4 Å². The number of hydrogen-bond acceptors (Lipinski definition) is 4. The van der Waals surface area contributed by atoms with Crippen molar-refractivity contribution in [2.45, 2.75) is 19.3 Å². The minimum absolute atomic E-state index is 0.00150. The summed E-state index contributed by atoms with van der Waals surface area (Å²) in [5.41, 5.74) is 0. The van der Waals surface area contributed by atoms with E-state index >= 15 is 0 Å². The Morgan fingerprint density at radius 1 is 1.50 bits per heavy atom. The highest BCUT2D eigenvalue weighted by molar-refractivity contribution is 7.89. The van der Waals surface area contributed by atoms with Crippen LogP contribution in [0.5, 0.6) is 0 Å². The molecule has 1 saturated heterocycles. The van der Waals surface area contributed by atoms with Crippen LogP contribution < -0.4 is 15.8 Å². The lowest BCUT2D eigenvalue weighted by molar-refractivity contribution is -0.125. The number of hydrogen-bond donors (Lipinski definition) is 3. The molecule has 1 amide bonds. The Balaban J connectivity index is 2.14. The van der Waals surface area contributed by atoms with E-state index in [2.05, 4.69) is 10.6 Å². The molecule has 16 heavy (non-hydrogen) atoms. The smallest absolute Gasteiger partial charge is 0.224 e. The normalized spacial score (nSPS) is 21.7. The molecule has 0 spiro atoms. The number of amides is 1. The van der Waals surface area contributed by atoms with Crippen LogP contribution in [0.4, 0.5) is 0 Å². The Bertz CT molecular complexity index is 323. The third kappa shape index (κ3) is 5.43. The summed E-state index contributed by atoms with van der Waals surface area (Å²) in [4.78, 5) is 11.6. The fraction of sp³-hybridized carbons (Fsp3) is 0.889. The van der Waals surface area contributed by atoms with Crippen LogP contribution in [0, 0.1) is 5.92 Å². The summed E-state index contributed by atoms with van der Waals surface area (Å²) in [5, 5.41) is 10.7. The van der Waals surface area contributed by atoms with Gasteiger partial charge in [0.25, 0.3) is 0 Å². The molecule has 0 aromatic rings. The molecule has 1 atom stereocenters. The fourth-order valence-electron chi connectivity index (χ4n) is 1.70. The van der Waals surface area contributed by atoms with Gasteiger partial charge in [-0.15, -0.1) is 0 Å². The number of sulfonamides is 1. The van der Waals surface area contributed by atoms with Crippen LogP contribution in [-0.2, 0) is 14.8 Å². The molecule has 1 fully saturated rings. The molecule has 0 saturated carbocycles. The van der Waals surface area contributed by atoms with E-state index in [1.54, 1.807) is 0 Å². The average molecular weight is 249 g/mol. The van der Waals surface area contributed by atoms with Crippen LogP contribution in [0.15, 0.2) is 0 Å².